The van der Waals surface area contributed by atoms with Gasteiger partial charge in [0.1, 0.15) is 6.54 Å². The van der Waals surface area contributed by atoms with Crippen molar-refractivity contribution in [1.29, 1.82) is 0 Å². The highest BCUT2D eigenvalue weighted by Crippen LogP contribution is 2.17. The van der Waals surface area contributed by atoms with E-state index in [-0.39, 0.29) is 24.2 Å². The zero-order valence-electron chi connectivity index (χ0n) is 17.1. The zero-order valence-corrected chi connectivity index (χ0v) is 17.1. The molecular formula is C22H23N5O4. The fourth-order valence-corrected chi connectivity index (χ4v) is 3.32. The Bertz CT molecular complexity index is 1030. The summed E-state index contributed by atoms with van der Waals surface area (Å²) in [7, 11) is 0. The van der Waals surface area contributed by atoms with Crippen molar-refractivity contribution in [3.63, 3.8) is 0 Å². The van der Waals surface area contributed by atoms with Crippen LogP contribution in [0.5, 0.6) is 0 Å². The number of carbonyl (C=O) groups excluding carboxylic acids is 3. The van der Waals surface area contributed by atoms with E-state index in [9.17, 15) is 14.4 Å². The van der Waals surface area contributed by atoms with Crippen molar-refractivity contribution in [3.05, 3.63) is 59.7 Å². The molecule has 2 N–H and O–H groups in total. The summed E-state index contributed by atoms with van der Waals surface area (Å²) in [5.41, 5.74) is 5.41. The highest BCUT2D eigenvalue weighted by atomic mass is 16.5. The molecule has 1 saturated heterocycles. The lowest BCUT2D eigenvalue weighted by molar-refractivity contribution is -0.118. The number of aliphatic imine (C=N–C) groups is 1. The average molecular weight is 421 g/mol. The Morgan fingerprint density at radius 2 is 1.84 bits per heavy atom. The standard InChI is InChI=1S/C22H23N5O4/c1-15-5-7-18(8-6-15)27-19(28)14-23-20(25-27)21(29)24-17-4-2-3-16(13-17)22(30)26-9-11-31-12-10-26/h2-8,13H,9-12,14H2,1H3,(H,23,25)(H,24,29). The third kappa shape index (κ3) is 4.72. The van der Waals surface area contributed by atoms with Crippen molar-refractivity contribution in [2.75, 3.05) is 43.2 Å². The first-order valence-electron chi connectivity index (χ1n) is 10.0. The number of anilines is 2. The van der Waals surface area contributed by atoms with Crippen LogP contribution in [0.1, 0.15) is 15.9 Å². The summed E-state index contributed by atoms with van der Waals surface area (Å²) in [5, 5.41) is 4.05. The number of hydrogen-bond acceptors (Lipinski definition) is 6. The van der Waals surface area contributed by atoms with Crippen LogP contribution in [0.25, 0.3) is 0 Å². The molecule has 0 spiro atoms. The molecule has 0 saturated carbocycles. The van der Waals surface area contributed by atoms with Crippen LogP contribution in [0.3, 0.4) is 0 Å². The van der Waals surface area contributed by atoms with Crippen LogP contribution in [-0.2, 0) is 14.3 Å². The van der Waals surface area contributed by atoms with Gasteiger partial charge < -0.3 is 15.0 Å². The summed E-state index contributed by atoms with van der Waals surface area (Å²) < 4.78 is 5.28. The number of aryl methyl sites for hydroxylation is 1. The molecule has 31 heavy (non-hydrogen) atoms. The second-order valence-electron chi connectivity index (χ2n) is 7.28. The van der Waals surface area contributed by atoms with Gasteiger partial charge in [0, 0.05) is 24.3 Å². The Morgan fingerprint density at radius 1 is 1.10 bits per heavy atom. The quantitative estimate of drug-likeness (QED) is 0.776. The molecule has 0 radical (unpaired) electrons. The highest BCUT2D eigenvalue weighted by Gasteiger charge is 2.26. The topological polar surface area (TPSA) is 103 Å². The summed E-state index contributed by atoms with van der Waals surface area (Å²) in [5.74, 6) is -0.854. The van der Waals surface area contributed by atoms with E-state index in [4.69, 9.17) is 4.74 Å². The van der Waals surface area contributed by atoms with Gasteiger partial charge in [0.2, 0.25) is 5.84 Å². The molecule has 2 aliphatic rings. The van der Waals surface area contributed by atoms with Gasteiger partial charge >= 0.3 is 0 Å². The Labute approximate surface area is 179 Å². The lowest BCUT2D eigenvalue weighted by Gasteiger charge is -2.28. The molecule has 9 nitrogen and oxygen atoms in total. The van der Waals surface area contributed by atoms with E-state index in [0.717, 1.165) is 5.56 Å². The van der Waals surface area contributed by atoms with E-state index in [1.165, 1.54) is 5.01 Å². The molecule has 0 aliphatic carbocycles. The summed E-state index contributed by atoms with van der Waals surface area (Å²) in [6.45, 7) is 3.93. The van der Waals surface area contributed by atoms with E-state index >= 15 is 0 Å². The largest absolute Gasteiger partial charge is 0.378 e. The first-order valence-corrected chi connectivity index (χ1v) is 10.0. The molecule has 3 amide bonds. The monoisotopic (exact) mass is 421 g/mol. The Hall–Kier alpha value is -3.72. The number of nitrogens with one attached hydrogen (secondary N) is 2. The summed E-state index contributed by atoms with van der Waals surface area (Å²) in [6, 6.07) is 14.1. The number of ether oxygens (including phenoxy) is 1. The maximum Gasteiger partial charge on any atom is 0.292 e. The molecule has 160 valence electrons. The molecule has 2 heterocycles. The first-order chi connectivity index (χ1) is 15.0. The van der Waals surface area contributed by atoms with E-state index in [1.54, 1.807) is 41.3 Å². The third-order valence-corrected chi connectivity index (χ3v) is 5.01. The van der Waals surface area contributed by atoms with Crippen molar-refractivity contribution < 1.29 is 19.1 Å². The summed E-state index contributed by atoms with van der Waals surface area (Å²) in [4.78, 5) is 43.4. The molecule has 1 fully saturated rings. The second-order valence-corrected chi connectivity index (χ2v) is 7.28. The Kier molecular flexibility index (Phi) is 5.94. The van der Waals surface area contributed by atoms with E-state index in [0.29, 0.717) is 43.2 Å². The SMILES string of the molecule is Cc1ccc(N2NC(C(=O)Nc3cccc(C(=O)N4CCOCC4)c3)=NCC2=O)cc1. The van der Waals surface area contributed by atoms with Crippen LogP contribution >= 0.6 is 0 Å². The van der Waals surface area contributed by atoms with Gasteiger partial charge in [-0.25, -0.2) is 5.01 Å². The number of hydrazine groups is 1. The molecule has 4 rings (SSSR count). The average Bonchev–Trinajstić information content (AvgIpc) is 2.80. The number of amides is 3. The van der Waals surface area contributed by atoms with Gasteiger partial charge in [-0.3, -0.25) is 24.8 Å². The van der Waals surface area contributed by atoms with Gasteiger partial charge in [-0.05, 0) is 37.3 Å². The molecule has 2 aromatic rings. The normalized spacial score (nSPS) is 16.4. The van der Waals surface area contributed by atoms with Crippen LogP contribution in [-0.4, -0.2) is 61.3 Å². The summed E-state index contributed by atoms with van der Waals surface area (Å²) in [6.07, 6.45) is 0. The smallest absolute Gasteiger partial charge is 0.292 e. The van der Waals surface area contributed by atoms with Crippen LogP contribution in [0, 0.1) is 6.92 Å². The van der Waals surface area contributed by atoms with Crippen LogP contribution in [0.2, 0.25) is 0 Å². The predicted octanol–water partition coefficient (Wildman–Crippen LogP) is 1.36. The molecule has 9 heteroatoms. The van der Waals surface area contributed by atoms with Crippen molar-refractivity contribution in [2.24, 2.45) is 4.99 Å². The van der Waals surface area contributed by atoms with Crippen molar-refractivity contribution >= 4 is 34.9 Å². The minimum atomic E-state index is -0.499. The van der Waals surface area contributed by atoms with Crippen molar-refractivity contribution in [2.45, 2.75) is 6.92 Å². The van der Waals surface area contributed by atoms with E-state index in [2.05, 4.69) is 15.7 Å². The summed E-state index contributed by atoms with van der Waals surface area (Å²) >= 11 is 0. The molecule has 2 aliphatic heterocycles. The fraction of sp³-hybridized carbons (Fsp3) is 0.273. The maximum atomic E-state index is 12.7. The van der Waals surface area contributed by atoms with Gasteiger partial charge in [0.25, 0.3) is 17.7 Å². The number of benzene rings is 2. The lowest BCUT2D eigenvalue weighted by atomic mass is 10.1. The van der Waals surface area contributed by atoms with Gasteiger partial charge in [0.15, 0.2) is 0 Å². The number of carbonyl (C=O) groups is 3. The highest BCUT2D eigenvalue weighted by molar-refractivity contribution is 6.43. The number of amidine groups is 1. The number of rotatable bonds is 4. The number of morpholine rings is 1. The van der Waals surface area contributed by atoms with Gasteiger partial charge in [-0.15, -0.1) is 0 Å². The van der Waals surface area contributed by atoms with Crippen LogP contribution in [0.4, 0.5) is 11.4 Å². The third-order valence-electron chi connectivity index (χ3n) is 5.01. The van der Waals surface area contributed by atoms with Gasteiger partial charge in [-0.1, -0.05) is 23.8 Å². The Balaban J connectivity index is 1.45. The molecule has 0 bridgehead atoms. The molecule has 2 aromatic carbocycles. The minimum absolute atomic E-state index is 0.0186. The molecule has 0 atom stereocenters. The second kappa shape index (κ2) is 8.97. The predicted molar refractivity (Wildman–Crippen MR) is 116 cm³/mol. The first kappa shape index (κ1) is 20.5. The van der Waals surface area contributed by atoms with Crippen LogP contribution < -0.4 is 15.8 Å². The lowest BCUT2D eigenvalue weighted by Crippen LogP contribution is -2.54. The van der Waals surface area contributed by atoms with E-state index < -0.39 is 5.91 Å². The van der Waals surface area contributed by atoms with Crippen molar-refractivity contribution in [3.8, 4) is 0 Å². The fourth-order valence-electron chi connectivity index (χ4n) is 3.32. The van der Waals surface area contributed by atoms with Crippen molar-refractivity contribution in [1.82, 2.24) is 10.3 Å². The minimum Gasteiger partial charge on any atom is -0.378 e. The zero-order chi connectivity index (χ0) is 21.8. The number of nitrogens with zero attached hydrogens (tertiary/aromatic N) is 3. The van der Waals surface area contributed by atoms with Crippen LogP contribution in [0.15, 0.2) is 53.5 Å². The van der Waals surface area contributed by atoms with E-state index in [1.807, 2.05) is 19.1 Å². The maximum absolute atomic E-state index is 12.7. The van der Waals surface area contributed by atoms with Gasteiger partial charge in [-0.2, -0.15) is 0 Å². The van der Waals surface area contributed by atoms with Gasteiger partial charge in [0.05, 0.1) is 18.9 Å². The molecular weight excluding hydrogens is 398 g/mol. The Morgan fingerprint density at radius 3 is 2.58 bits per heavy atom. The molecule has 0 aromatic heterocycles. The number of hydrogen-bond donors (Lipinski definition) is 2. The molecule has 0 unspecified atom stereocenters.